The van der Waals surface area contributed by atoms with Crippen LogP contribution < -0.4 is 11.1 Å². The fourth-order valence-corrected chi connectivity index (χ4v) is 2.41. The topological polar surface area (TPSA) is 47.3 Å². The van der Waals surface area contributed by atoms with Gasteiger partial charge in [-0.05, 0) is 37.0 Å². The number of rotatable bonds is 5. The van der Waals surface area contributed by atoms with Gasteiger partial charge in [0.1, 0.15) is 4.99 Å². The Bertz CT molecular complexity index is 433. The van der Waals surface area contributed by atoms with E-state index in [2.05, 4.69) is 5.32 Å². The molecule has 3 N–H and O–H groups in total. The Morgan fingerprint density at radius 2 is 2.39 bits per heavy atom. The highest BCUT2D eigenvalue weighted by Crippen LogP contribution is 2.24. The van der Waals surface area contributed by atoms with Crippen LogP contribution in [-0.2, 0) is 4.74 Å². The van der Waals surface area contributed by atoms with Crippen LogP contribution in [0.5, 0.6) is 0 Å². The summed E-state index contributed by atoms with van der Waals surface area (Å²) < 4.78 is 5.34. The number of thiocarbonyl (C=S) groups is 1. The minimum Gasteiger partial charge on any atom is -0.389 e. The molecule has 1 aliphatic rings. The number of benzene rings is 1. The lowest BCUT2D eigenvalue weighted by Crippen LogP contribution is -2.11. The third kappa shape index (κ3) is 3.57. The maximum Gasteiger partial charge on any atom is 0.104 e. The van der Waals surface area contributed by atoms with Crippen molar-refractivity contribution in [2.24, 2.45) is 11.7 Å². The molecule has 0 bridgehead atoms. The van der Waals surface area contributed by atoms with Crippen LogP contribution in [-0.4, -0.2) is 24.7 Å². The SMILES string of the molecule is NC(=S)c1ccc(NCCC2CCOC2)c(Cl)c1. The standard InChI is InChI=1S/C13H17ClN2OS/c14-11-7-10(13(15)18)1-2-12(11)16-5-3-9-4-6-17-8-9/h1-2,7,9,16H,3-6,8H2,(H2,15,18). The second-order valence-electron chi connectivity index (χ2n) is 4.50. The molecule has 0 saturated carbocycles. The summed E-state index contributed by atoms with van der Waals surface area (Å²) in [5.74, 6) is 0.673. The van der Waals surface area contributed by atoms with Crippen molar-refractivity contribution >= 4 is 34.5 Å². The van der Waals surface area contributed by atoms with Gasteiger partial charge in [-0.15, -0.1) is 0 Å². The van der Waals surface area contributed by atoms with Crippen molar-refractivity contribution in [1.82, 2.24) is 0 Å². The molecule has 98 valence electrons. The van der Waals surface area contributed by atoms with E-state index in [1.165, 1.54) is 0 Å². The van der Waals surface area contributed by atoms with Gasteiger partial charge in [0.25, 0.3) is 0 Å². The van der Waals surface area contributed by atoms with Gasteiger partial charge in [-0.2, -0.15) is 0 Å². The molecule has 1 aromatic carbocycles. The van der Waals surface area contributed by atoms with Crippen molar-refractivity contribution in [3.05, 3.63) is 28.8 Å². The van der Waals surface area contributed by atoms with Gasteiger partial charge >= 0.3 is 0 Å². The summed E-state index contributed by atoms with van der Waals surface area (Å²) in [5.41, 5.74) is 7.28. The van der Waals surface area contributed by atoms with E-state index in [9.17, 15) is 0 Å². The fraction of sp³-hybridized carbons (Fsp3) is 0.462. The minimum atomic E-state index is 0.367. The summed E-state index contributed by atoms with van der Waals surface area (Å²) >= 11 is 11.1. The monoisotopic (exact) mass is 284 g/mol. The highest BCUT2D eigenvalue weighted by atomic mass is 35.5. The van der Waals surface area contributed by atoms with Crippen LogP contribution in [0.3, 0.4) is 0 Å². The Morgan fingerprint density at radius 3 is 3.00 bits per heavy atom. The van der Waals surface area contributed by atoms with Crippen LogP contribution >= 0.6 is 23.8 Å². The summed E-state index contributed by atoms with van der Waals surface area (Å²) in [6, 6.07) is 5.60. The molecule has 0 amide bonds. The number of anilines is 1. The van der Waals surface area contributed by atoms with E-state index in [0.29, 0.717) is 15.9 Å². The molecule has 18 heavy (non-hydrogen) atoms. The zero-order chi connectivity index (χ0) is 13.0. The molecule has 1 atom stereocenters. The maximum atomic E-state index is 6.17. The number of ether oxygens (including phenoxy) is 1. The van der Waals surface area contributed by atoms with Gasteiger partial charge in [-0.3, -0.25) is 0 Å². The molecule has 1 fully saturated rings. The Kier molecular flexibility index (Phi) is 4.80. The highest BCUT2D eigenvalue weighted by molar-refractivity contribution is 7.80. The number of nitrogens with one attached hydrogen (secondary N) is 1. The van der Waals surface area contributed by atoms with Crippen molar-refractivity contribution in [1.29, 1.82) is 0 Å². The zero-order valence-corrected chi connectivity index (χ0v) is 11.7. The fourth-order valence-electron chi connectivity index (χ4n) is 2.03. The van der Waals surface area contributed by atoms with E-state index in [1.807, 2.05) is 12.1 Å². The number of halogens is 1. The molecule has 0 radical (unpaired) electrons. The summed E-state index contributed by atoms with van der Waals surface area (Å²) in [7, 11) is 0. The molecule has 1 heterocycles. The summed E-state index contributed by atoms with van der Waals surface area (Å²) in [6.45, 7) is 2.68. The molecule has 3 nitrogen and oxygen atoms in total. The Balaban J connectivity index is 1.87. The minimum absolute atomic E-state index is 0.367. The van der Waals surface area contributed by atoms with Crippen LogP contribution in [0.15, 0.2) is 18.2 Å². The van der Waals surface area contributed by atoms with Crippen molar-refractivity contribution in [2.75, 3.05) is 25.1 Å². The lowest BCUT2D eigenvalue weighted by molar-refractivity contribution is 0.185. The van der Waals surface area contributed by atoms with Gasteiger partial charge in [0.2, 0.25) is 0 Å². The van der Waals surface area contributed by atoms with Crippen molar-refractivity contribution in [2.45, 2.75) is 12.8 Å². The lowest BCUT2D eigenvalue weighted by atomic mass is 10.1. The van der Waals surface area contributed by atoms with Crippen LogP contribution in [0, 0.1) is 5.92 Å². The van der Waals surface area contributed by atoms with Crippen molar-refractivity contribution < 1.29 is 4.74 Å². The van der Waals surface area contributed by atoms with Crippen molar-refractivity contribution in [3.63, 3.8) is 0 Å². The molecular weight excluding hydrogens is 268 g/mol. The molecule has 1 aromatic rings. The van der Waals surface area contributed by atoms with E-state index in [0.717, 1.165) is 43.9 Å². The average Bonchev–Trinajstić information content (AvgIpc) is 2.84. The second kappa shape index (κ2) is 6.36. The highest BCUT2D eigenvalue weighted by Gasteiger charge is 2.14. The number of nitrogens with two attached hydrogens (primary N) is 1. The lowest BCUT2D eigenvalue weighted by Gasteiger charge is -2.11. The van der Waals surface area contributed by atoms with E-state index < -0.39 is 0 Å². The summed E-state index contributed by atoms with van der Waals surface area (Å²) in [4.78, 5) is 0.367. The van der Waals surface area contributed by atoms with Crippen molar-refractivity contribution in [3.8, 4) is 0 Å². The van der Waals surface area contributed by atoms with Gasteiger partial charge in [0, 0.05) is 25.3 Å². The smallest absolute Gasteiger partial charge is 0.104 e. The Morgan fingerprint density at radius 1 is 1.56 bits per heavy atom. The van der Waals surface area contributed by atoms with E-state index >= 15 is 0 Å². The Labute approximate surface area is 118 Å². The van der Waals surface area contributed by atoms with E-state index in [1.54, 1.807) is 6.07 Å². The third-order valence-corrected chi connectivity index (χ3v) is 3.69. The normalized spacial score (nSPS) is 18.8. The molecule has 0 aromatic heterocycles. The third-order valence-electron chi connectivity index (χ3n) is 3.15. The van der Waals surface area contributed by atoms with E-state index in [4.69, 9.17) is 34.3 Å². The van der Waals surface area contributed by atoms with Gasteiger partial charge in [0.15, 0.2) is 0 Å². The largest absolute Gasteiger partial charge is 0.389 e. The van der Waals surface area contributed by atoms with Crippen LogP contribution in [0.4, 0.5) is 5.69 Å². The van der Waals surface area contributed by atoms with Gasteiger partial charge in [-0.1, -0.05) is 23.8 Å². The molecule has 0 aliphatic carbocycles. The summed E-state index contributed by atoms with van der Waals surface area (Å²) in [5, 5.41) is 3.99. The Hall–Kier alpha value is -0.840. The second-order valence-corrected chi connectivity index (χ2v) is 5.35. The van der Waals surface area contributed by atoms with Gasteiger partial charge in [-0.25, -0.2) is 0 Å². The first-order chi connectivity index (χ1) is 8.66. The molecule has 2 rings (SSSR count). The van der Waals surface area contributed by atoms with Crippen LogP contribution in [0.25, 0.3) is 0 Å². The molecule has 1 aliphatic heterocycles. The first-order valence-corrected chi connectivity index (χ1v) is 6.86. The van der Waals surface area contributed by atoms with Crippen LogP contribution in [0.2, 0.25) is 5.02 Å². The molecular formula is C13H17ClN2OS. The zero-order valence-electron chi connectivity index (χ0n) is 10.1. The van der Waals surface area contributed by atoms with E-state index in [-0.39, 0.29) is 0 Å². The quantitative estimate of drug-likeness (QED) is 0.816. The molecule has 1 unspecified atom stereocenters. The van der Waals surface area contributed by atoms with Crippen LogP contribution in [0.1, 0.15) is 18.4 Å². The van der Waals surface area contributed by atoms with Gasteiger partial charge in [0.05, 0.1) is 10.7 Å². The van der Waals surface area contributed by atoms with Gasteiger partial charge < -0.3 is 15.8 Å². The summed E-state index contributed by atoms with van der Waals surface area (Å²) in [6.07, 6.45) is 2.27. The number of hydrogen-bond donors (Lipinski definition) is 2. The average molecular weight is 285 g/mol. The first kappa shape index (κ1) is 13.6. The predicted octanol–water partition coefficient (Wildman–Crippen LogP) is 2.81. The predicted molar refractivity (Wildman–Crippen MR) is 79.4 cm³/mol. The molecule has 0 spiro atoms. The first-order valence-electron chi connectivity index (χ1n) is 6.08. The molecule has 5 heteroatoms. The molecule has 1 saturated heterocycles. The maximum absolute atomic E-state index is 6.17. The number of hydrogen-bond acceptors (Lipinski definition) is 3.